The maximum absolute atomic E-state index is 13.0. The first kappa shape index (κ1) is 13.4. The zero-order valence-electron chi connectivity index (χ0n) is 9.85. The van der Waals surface area contributed by atoms with Crippen LogP contribution in [0.25, 0.3) is 6.08 Å². The van der Waals surface area contributed by atoms with Crippen molar-refractivity contribution in [3.05, 3.63) is 39.6 Å². The molecule has 0 radical (unpaired) electrons. The molecule has 16 heavy (non-hydrogen) atoms. The molecule has 88 valence electrons. The number of halogens is 2. The average Bonchev–Trinajstić information content (AvgIpc) is 2.24. The standard InChI is InChI=1S/C13H17BrFN/c1-4-16-10(3)9(2)7-11-5-6-13(15)12(14)8-11/h5-8,10,16H,4H2,1-3H3/b9-7+. The zero-order valence-corrected chi connectivity index (χ0v) is 11.4. The number of likely N-dealkylation sites (N-methyl/N-ethyl adjacent to an activating group) is 1. The molecular weight excluding hydrogens is 269 g/mol. The van der Waals surface area contributed by atoms with Crippen LogP contribution < -0.4 is 5.32 Å². The number of hydrogen-bond acceptors (Lipinski definition) is 1. The summed E-state index contributed by atoms with van der Waals surface area (Å²) in [6.07, 6.45) is 2.07. The van der Waals surface area contributed by atoms with Gasteiger partial charge >= 0.3 is 0 Å². The summed E-state index contributed by atoms with van der Waals surface area (Å²) in [5.41, 5.74) is 2.25. The van der Waals surface area contributed by atoms with Crippen molar-refractivity contribution in [3.8, 4) is 0 Å². The Morgan fingerprint density at radius 2 is 2.25 bits per heavy atom. The van der Waals surface area contributed by atoms with Crippen LogP contribution in [0.15, 0.2) is 28.2 Å². The van der Waals surface area contributed by atoms with Crippen molar-refractivity contribution in [2.75, 3.05) is 6.54 Å². The third-order valence-electron chi connectivity index (χ3n) is 2.53. The van der Waals surface area contributed by atoms with Gasteiger partial charge in [0.2, 0.25) is 0 Å². The van der Waals surface area contributed by atoms with Gasteiger partial charge in [0, 0.05) is 6.04 Å². The van der Waals surface area contributed by atoms with Crippen LogP contribution in [0.5, 0.6) is 0 Å². The molecule has 0 bridgehead atoms. The Labute approximate surface area is 105 Å². The van der Waals surface area contributed by atoms with Gasteiger partial charge < -0.3 is 5.32 Å². The molecule has 0 saturated heterocycles. The van der Waals surface area contributed by atoms with Gasteiger partial charge in [0.15, 0.2) is 0 Å². The highest BCUT2D eigenvalue weighted by atomic mass is 79.9. The molecule has 0 amide bonds. The molecular formula is C13H17BrFN. The summed E-state index contributed by atoms with van der Waals surface area (Å²) < 4.78 is 13.5. The lowest BCUT2D eigenvalue weighted by Crippen LogP contribution is -2.26. The first-order valence-electron chi connectivity index (χ1n) is 5.41. The number of nitrogens with one attached hydrogen (secondary N) is 1. The van der Waals surface area contributed by atoms with E-state index in [1.165, 1.54) is 11.6 Å². The molecule has 0 heterocycles. The molecule has 0 fully saturated rings. The molecule has 1 rings (SSSR count). The molecule has 0 spiro atoms. The lowest BCUT2D eigenvalue weighted by atomic mass is 10.1. The van der Waals surface area contributed by atoms with E-state index in [0.29, 0.717) is 10.5 Å². The molecule has 3 heteroatoms. The summed E-state index contributed by atoms with van der Waals surface area (Å²) in [4.78, 5) is 0. The van der Waals surface area contributed by atoms with Crippen molar-refractivity contribution >= 4 is 22.0 Å². The van der Waals surface area contributed by atoms with E-state index in [2.05, 4.69) is 48.1 Å². The number of rotatable bonds is 4. The third-order valence-corrected chi connectivity index (χ3v) is 3.14. The van der Waals surface area contributed by atoms with Crippen molar-refractivity contribution in [1.82, 2.24) is 5.32 Å². The Balaban J connectivity index is 2.85. The lowest BCUT2D eigenvalue weighted by Gasteiger charge is -2.13. The molecule has 0 aliphatic carbocycles. The fraction of sp³-hybridized carbons (Fsp3) is 0.385. The summed E-state index contributed by atoms with van der Waals surface area (Å²) in [6.45, 7) is 7.22. The van der Waals surface area contributed by atoms with Gasteiger partial charge in [-0.3, -0.25) is 0 Å². The molecule has 1 aromatic carbocycles. The normalized spacial score (nSPS) is 13.9. The van der Waals surface area contributed by atoms with Gasteiger partial charge in [-0.2, -0.15) is 0 Å². The second-order valence-electron chi connectivity index (χ2n) is 3.84. The predicted molar refractivity (Wildman–Crippen MR) is 70.9 cm³/mol. The van der Waals surface area contributed by atoms with Crippen LogP contribution in [0, 0.1) is 5.82 Å². The summed E-state index contributed by atoms with van der Waals surface area (Å²) in [7, 11) is 0. The summed E-state index contributed by atoms with van der Waals surface area (Å²) in [6, 6.07) is 5.38. The fourth-order valence-corrected chi connectivity index (χ4v) is 1.85. The highest BCUT2D eigenvalue weighted by molar-refractivity contribution is 9.10. The maximum atomic E-state index is 13.0. The van der Waals surface area contributed by atoms with Gasteiger partial charge in [-0.15, -0.1) is 0 Å². The highest BCUT2D eigenvalue weighted by Crippen LogP contribution is 2.19. The van der Waals surface area contributed by atoms with Crippen molar-refractivity contribution in [2.45, 2.75) is 26.8 Å². The van der Waals surface area contributed by atoms with E-state index < -0.39 is 0 Å². The quantitative estimate of drug-likeness (QED) is 0.882. The van der Waals surface area contributed by atoms with Crippen LogP contribution in [0.1, 0.15) is 26.3 Å². The molecule has 1 N–H and O–H groups in total. The van der Waals surface area contributed by atoms with Gasteiger partial charge in [0.05, 0.1) is 4.47 Å². The van der Waals surface area contributed by atoms with Gasteiger partial charge in [-0.05, 0) is 54.0 Å². The van der Waals surface area contributed by atoms with Gasteiger partial charge in [0.1, 0.15) is 5.82 Å². The third kappa shape index (κ3) is 3.72. The molecule has 0 saturated carbocycles. The molecule has 1 unspecified atom stereocenters. The highest BCUT2D eigenvalue weighted by Gasteiger charge is 2.03. The van der Waals surface area contributed by atoms with Gasteiger partial charge in [-0.25, -0.2) is 4.39 Å². The first-order chi connectivity index (χ1) is 7.54. The van der Waals surface area contributed by atoms with Crippen LogP contribution in [0.2, 0.25) is 0 Å². The second kappa shape index (κ2) is 6.16. The second-order valence-corrected chi connectivity index (χ2v) is 4.70. The molecule has 1 nitrogen and oxygen atoms in total. The van der Waals surface area contributed by atoms with Crippen molar-refractivity contribution < 1.29 is 4.39 Å². The Morgan fingerprint density at radius 3 is 2.81 bits per heavy atom. The van der Waals surface area contributed by atoms with E-state index in [0.717, 1.165) is 12.1 Å². The average molecular weight is 286 g/mol. The molecule has 1 aromatic rings. The smallest absolute Gasteiger partial charge is 0.137 e. The summed E-state index contributed by atoms with van der Waals surface area (Å²) in [5, 5.41) is 3.34. The van der Waals surface area contributed by atoms with Crippen molar-refractivity contribution in [3.63, 3.8) is 0 Å². The zero-order chi connectivity index (χ0) is 12.1. The van der Waals surface area contributed by atoms with E-state index >= 15 is 0 Å². The van der Waals surface area contributed by atoms with Crippen LogP contribution >= 0.6 is 15.9 Å². The Hall–Kier alpha value is -0.670. The minimum atomic E-state index is -0.227. The molecule has 1 atom stereocenters. The van der Waals surface area contributed by atoms with E-state index in [9.17, 15) is 4.39 Å². The maximum Gasteiger partial charge on any atom is 0.137 e. The van der Waals surface area contributed by atoms with Crippen LogP contribution in [-0.4, -0.2) is 12.6 Å². The topological polar surface area (TPSA) is 12.0 Å². The van der Waals surface area contributed by atoms with E-state index in [-0.39, 0.29) is 5.82 Å². The minimum absolute atomic E-state index is 0.227. The largest absolute Gasteiger partial charge is 0.311 e. The van der Waals surface area contributed by atoms with E-state index in [4.69, 9.17) is 0 Å². The summed E-state index contributed by atoms with van der Waals surface area (Å²) in [5.74, 6) is -0.227. The van der Waals surface area contributed by atoms with E-state index in [1.807, 2.05) is 0 Å². The lowest BCUT2D eigenvalue weighted by molar-refractivity contribution is 0.621. The van der Waals surface area contributed by atoms with Gasteiger partial charge in [0.25, 0.3) is 0 Å². The molecule has 0 aliphatic rings. The van der Waals surface area contributed by atoms with E-state index in [1.54, 1.807) is 12.1 Å². The summed E-state index contributed by atoms with van der Waals surface area (Å²) >= 11 is 3.18. The van der Waals surface area contributed by atoms with Crippen molar-refractivity contribution in [2.24, 2.45) is 0 Å². The predicted octanol–water partition coefficient (Wildman–Crippen LogP) is 3.99. The Kier molecular flexibility index (Phi) is 5.16. The Bertz CT molecular complexity index is 388. The number of benzene rings is 1. The Morgan fingerprint density at radius 1 is 1.56 bits per heavy atom. The SMILES string of the molecule is CCNC(C)/C(C)=C/c1ccc(F)c(Br)c1. The molecule has 0 aliphatic heterocycles. The van der Waals surface area contributed by atoms with Crippen molar-refractivity contribution in [1.29, 1.82) is 0 Å². The monoisotopic (exact) mass is 285 g/mol. The molecule has 0 aromatic heterocycles. The van der Waals surface area contributed by atoms with Crippen LogP contribution in [0.4, 0.5) is 4.39 Å². The van der Waals surface area contributed by atoms with Gasteiger partial charge in [-0.1, -0.05) is 24.6 Å². The minimum Gasteiger partial charge on any atom is -0.311 e. The first-order valence-corrected chi connectivity index (χ1v) is 6.20. The number of hydrogen-bond donors (Lipinski definition) is 1. The van der Waals surface area contributed by atoms with Crippen LogP contribution in [-0.2, 0) is 0 Å². The fourth-order valence-electron chi connectivity index (χ4n) is 1.46. The van der Waals surface area contributed by atoms with Crippen LogP contribution in [0.3, 0.4) is 0 Å².